The first-order valence-corrected chi connectivity index (χ1v) is 4.79. The van der Waals surface area contributed by atoms with Crippen molar-refractivity contribution < 1.29 is 28.5 Å². The van der Waals surface area contributed by atoms with E-state index in [4.69, 9.17) is 10.00 Å². The van der Waals surface area contributed by atoms with E-state index in [1.54, 1.807) is 0 Å². The average molecular weight is 213 g/mol. The fourth-order valence-electron chi connectivity index (χ4n) is 0.737. The van der Waals surface area contributed by atoms with Gasteiger partial charge in [0, 0.05) is 4.92 Å². The summed E-state index contributed by atoms with van der Waals surface area (Å²) in [5.41, 5.74) is -1.82. The van der Waals surface area contributed by atoms with Gasteiger partial charge in [0.15, 0.2) is 0 Å². The molecule has 0 aliphatic carbocycles. The predicted octanol–water partition coefficient (Wildman–Crippen LogP) is -0.859. The summed E-state index contributed by atoms with van der Waals surface area (Å²) in [7, 11) is -4.13. The molecule has 0 saturated carbocycles. The number of aliphatic hydroxyl groups excluding tert-OH is 1. The Bertz CT molecular complexity index is 253. The first kappa shape index (κ1) is 10.6. The number of phosphoric ester groups is 1. The topological polar surface area (TPSA) is 119 Å². The Morgan fingerprint density at radius 3 is 2.31 bits per heavy atom. The molecule has 76 valence electrons. The second-order valence-electron chi connectivity index (χ2n) is 2.65. The van der Waals surface area contributed by atoms with Gasteiger partial charge in [0.25, 0.3) is 5.54 Å². The van der Waals surface area contributed by atoms with Crippen LogP contribution in [0.2, 0.25) is 0 Å². The fourth-order valence-corrected chi connectivity index (χ4v) is 1.62. The highest BCUT2D eigenvalue weighted by Gasteiger charge is 2.51. The van der Waals surface area contributed by atoms with Crippen molar-refractivity contribution in [1.82, 2.24) is 0 Å². The molecule has 0 bridgehead atoms. The predicted molar refractivity (Wildman–Crippen MR) is 38.5 cm³/mol. The van der Waals surface area contributed by atoms with Crippen molar-refractivity contribution in [2.75, 3.05) is 19.8 Å². The van der Waals surface area contributed by atoms with Crippen molar-refractivity contribution in [2.45, 2.75) is 5.54 Å². The van der Waals surface area contributed by atoms with Crippen molar-refractivity contribution in [2.24, 2.45) is 0 Å². The van der Waals surface area contributed by atoms with E-state index in [0.29, 0.717) is 0 Å². The van der Waals surface area contributed by atoms with Crippen molar-refractivity contribution in [3.8, 4) is 0 Å². The molecule has 13 heavy (non-hydrogen) atoms. The van der Waals surface area contributed by atoms with E-state index in [1.807, 2.05) is 0 Å². The summed E-state index contributed by atoms with van der Waals surface area (Å²) in [4.78, 5) is 18.3. The number of phosphoric acid groups is 1. The number of aliphatic hydroxyl groups is 1. The Morgan fingerprint density at radius 2 is 2.00 bits per heavy atom. The Kier molecular flexibility index (Phi) is 2.69. The number of nitro groups is 1. The highest BCUT2D eigenvalue weighted by Crippen LogP contribution is 2.48. The van der Waals surface area contributed by atoms with E-state index < -0.39 is 38.1 Å². The van der Waals surface area contributed by atoms with Gasteiger partial charge >= 0.3 is 7.82 Å². The lowest BCUT2D eigenvalue weighted by atomic mass is 10.1. The molecule has 0 amide bonds. The molecule has 1 fully saturated rings. The number of hydrogen-bond acceptors (Lipinski definition) is 6. The molecule has 2 N–H and O–H groups in total. The average Bonchev–Trinajstić information content (AvgIpc) is 2.05. The van der Waals surface area contributed by atoms with Crippen LogP contribution in [0.25, 0.3) is 0 Å². The fraction of sp³-hybridized carbons (Fsp3) is 1.00. The van der Waals surface area contributed by atoms with Gasteiger partial charge in [-0.15, -0.1) is 0 Å². The van der Waals surface area contributed by atoms with Gasteiger partial charge in [-0.05, 0) is 0 Å². The van der Waals surface area contributed by atoms with Gasteiger partial charge in [0.2, 0.25) is 0 Å². The Morgan fingerprint density at radius 1 is 1.54 bits per heavy atom. The van der Waals surface area contributed by atoms with E-state index in [2.05, 4.69) is 9.05 Å². The summed E-state index contributed by atoms with van der Waals surface area (Å²) in [6.07, 6.45) is 0. The molecule has 0 spiro atoms. The number of rotatable bonds is 2. The molecule has 0 aromatic heterocycles. The quantitative estimate of drug-likeness (QED) is 0.348. The van der Waals surface area contributed by atoms with Crippen LogP contribution in [0.5, 0.6) is 0 Å². The Balaban J connectivity index is 2.75. The maximum absolute atomic E-state index is 10.7. The van der Waals surface area contributed by atoms with Crippen LogP contribution in [0.4, 0.5) is 0 Å². The van der Waals surface area contributed by atoms with Crippen molar-refractivity contribution in [3.05, 3.63) is 10.1 Å². The number of hydrogen-bond donors (Lipinski definition) is 2. The molecule has 1 rings (SSSR count). The van der Waals surface area contributed by atoms with Gasteiger partial charge in [-0.1, -0.05) is 0 Å². The van der Waals surface area contributed by atoms with Crippen LogP contribution < -0.4 is 0 Å². The molecule has 0 unspecified atom stereocenters. The lowest BCUT2D eigenvalue weighted by molar-refractivity contribution is -0.581. The molecule has 0 atom stereocenters. The molecule has 0 aromatic rings. The highest BCUT2D eigenvalue weighted by atomic mass is 31.2. The third kappa shape index (κ3) is 2.04. The summed E-state index contributed by atoms with van der Waals surface area (Å²) >= 11 is 0. The van der Waals surface area contributed by atoms with Crippen LogP contribution in [0, 0.1) is 10.1 Å². The standard InChI is InChI=1S/C4H8NO7P/c6-1-4(5(7)8)2-11-13(9,10)12-3-4/h6H,1-3H2,(H,9,10). The third-order valence-electron chi connectivity index (χ3n) is 1.67. The van der Waals surface area contributed by atoms with E-state index in [-0.39, 0.29) is 0 Å². The molecule has 1 aliphatic heterocycles. The first-order chi connectivity index (χ1) is 5.92. The molecule has 0 radical (unpaired) electrons. The molecule has 1 aliphatic rings. The second kappa shape index (κ2) is 3.32. The lowest BCUT2D eigenvalue weighted by Crippen LogP contribution is -2.52. The van der Waals surface area contributed by atoms with Gasteiger partial charge in [0.05, 0.1) is 0 Å². The largest absolute Gasteiger partial charge is 0.472 e. The summed E-state index contributed by atoms with van der Waals surface area (Å²) in [5.74, 6) is 0. The minimum Gasteiger partial charge on any atom is -0.389 e. The van der Waals surface area contributed by atoms with Crippen LogP contribution in [0.1, 0.15) is 0 Å². The third-order valence-corrected chi connectivity index (χ3v) is 2.59. The summed E-state index contributed by atoms with van der Waals surface area (Å²) < 4.78 is 19.1. The van der Waals surface area contributed by atoms with Crippen LogP contribution in [-0.2, 0) is 13.6 Å². The Hall–Kier alpha value is -0.530. The van der Waals surface area contributed by atoms with Crippen LogP contribution >= 0.6 is 7.82 Å². The molecular formula is C4H8NO7P. The lowest BCUT2D eigenvalue weighted by Gasteiger charge is -2.28. The molecule has 0 aromatic carbocycles. The monoisotopic (exact) mass is 213 g/mol. The molecule has 8 nitrogen and oxygen atoms in total. The molecule has 1 saturated heterocycles. The molecule has 1 heterocycles. The number of nitrogens with zero attached hydrogens (tertiary/aromatic N) is 1. The zero-order valence-electron chi connectivity index (χ0n) is 6.45. The van der Waals surface area contributed by atoms with Crippen molar-refractivity contribution >= 4 is 7.82 Å². The van der Waals surface area contributed by atoms with Crippen LogP contribution in [-0.4, -0.2) is 40.3 Å². The summed E-state index contributed by atoms with van der Waals surface area (Å²) in [6, 6.07) is 0. The summed E-state index contributed by atoms with van der Waals surface area (Å²) in [5, 5.41) is 19.1. The minimum absolute atomic E-state index is 0.635. The zero-order chi connectivity index (χ0) is 10.1. The minimum atomic E-state index is -4.13. The van der Waals surface area contributed by atoms with Gasteiger partial charge < -0.3 is 10.00 Å². The normalized spacial score (nSPS) is 40.2. The van der Waals surface area contributed by atoms with Crippen LogP contribution in [0.15, 0.2) is 0 Å². The zero-order valence-corrected chi connectivity index (χ0v) is 7.35. The molecule has 9 heteroatoms. The SMILES string of the molecule is O=[N+]([O-])C1(CO)COP(=O)(O)OC1. The maximum atomic E-state index is 10.7. The van der Waals surface area contributed by atoms with E-state index in [1.165, 1.54) is 0 Å². The van der Waals surface area contributed by atoms with E-state index in [0.717, 1.165) is 0 Å². The summed E-state index contributed by atoms with van der Waals surface area (Å²) in [6.45, 7) is -2.07. The van der Waals surface area contributed by atoms with Crippen molar-refractivity contribution in [3.63, 3.8) is 0 Å². The second-order valence-corrected chi connectivity index (χ2v) is 4.11. The first-order valence-electron chi connectivity index (χ1n) is 3.29. The maximum Gasteiger partial charge on any atom is 0.472 e. The Labute approximate surface area is 72.8 Å². The van der Waals surface area contributed by atoms with E-state index in [9.17, 15) is 14.7 Å². The molecular weight excluding hydrogens is 205 g/mol. The van der Waals surface area contributed by atoms with Crippen molar-refractivity contribution in [1.29, 1.82) is 0 Å². The van der Waals surface area contributed by atoms with Gasteiger partial charge in [-0.3, -0.25) is 19.2 Å². The van der Waals surface area contributed by atoms with Gasteiger partial charge in [0.1, 0.15) is 19.8 Å². The van der Waals surface area contributed by atoms with Gasteiger partial charge in [-0.25, -0.2) is 4.57 Å². The van der Waals surface area contributed by atoms with Gasteiger partial charge in [-0.2, -0.15) is 0 Å². The van der Waals surface area contributed by atoms with E-state index >= 15 is 0 Å². The smallest absolute Gasteiger partial charge is 0.389 e. The highest BCUT2D eigenvalue weighted by molar-refractivity contribution is 7.47. The van der Waals surface area contributed by atoms with Crippen LogP contribution in [0.3, 0.4) is 0 Å².